The van der Waals surface area contributed by atoms with Gasteiger partial charge in [-0.25, -0.2) is 10.2 Å². The van der Waals surface area contributed by atoms with Gasteiger partial charge in [-0.2, -0.15) is 0 Å². The molecule has 0 bridgehead atoms. The highest BCUT2D eigenvalue weighted by Gasteiger charge is 2.30. The molecule has 0 aromatic rings. The number of carbonyl (C=O) groups is 2. The summed E-state index contributed by atoms with van der Waals surface area (Å²) in [4.78, 5) is 22.5. The molecule has 0 aromatic heterocycles. The van der Waals surface area contributed by atoms with Gasteiger partial charge in [-0.05, 0) is 19.3 Å². The lowest BCUT2D eigenvalue weighted by atomic mass is 10.0. The Kier molecular flexibility index (Phi) is 4.36. The van der Waals surface area contributed by atoms with Crippen molar-refractivity contribution in [3.05, 3.63) is 0 Å². The van der Waals surface area contributed by atoms with Crippen LogP contribution in [0.2, 0.25) is 0 Å². The Morgan fingerprint density at radius 3 is 2.67 bits per heavy atom. The molecular weight excluding hydrogens is 198 g/mol. The SMILES string of the molecule is CCNC(=O)NNC(=O)C1OCCC1C. The molecule has 15 heavy (non-hydrogen) atoms. The number of carbonyl (C=O) groups excluding carboxylic acids is 2. The van der Waals surface area contributed by atoms with Crippen LogP contribution < -0.4 is 16.2 Å². The van der Waals surface area contributed by atoms with E-state index in [9.17, 15) is 9.59 Å². The second-order valence-electron chi connectivity index (χ2n) is 3.53. The van der Waals surface area contributed by atoms with Crippen molar-refractivity contribution in [3.63, 3.8) is 0 Å². The smallest absolute Gasteiger partial charge is 0.333 e. The second-order valence-corrected chi connectivity index (χ2v) is 3.53. The van der Waals surface area contributed by atoms with Gasteiger partial charge >= 0.3 is 6.03 Å². The summed E-state index contributed by atoms with van der Waals surface area (Å²) in [5, 5.41) is 2.50. The first kappa shape index (κ1) is 11.8. The fourth-order valence-corrected chi connectivity index (χ4v) is 1.42. The van der Waals surface area contributed by atoms with Crippen LogP contribution >= 0.6 is 0 Å². The quantitative estimate of drug-likeness (QED) is 0.556. The Morgan fingerprint density at radius 2 is 2.13 bits per heavy atom. The van der Waals surface area contributed by atoms with Crippen LogP contribution in [0.3, 0.4) is 0 Å². The minimum Gasteiger partial charge on any atom is -0.368 e. The molecule has 1 fully saturated rings. The first-order valence-corrected chi connectivity index (χ1v) is 5.10. The van der Waals surface area contributed by atoms with Crippen LogP contribution in [-0.4, -0.2) is 31.2 Å². The van der Waals surface area contributed by atoms with Crippen molar-refractivity contribution in [2.75, 3.05) is 13.2 Å². The predicted octanol–water partition coefficient (Wildman–Crippen LogP) is -0.238. The first-order valence-electron chi connectivity index (χ1n) is 5.10. The van der Waals surface area contributed by atoms with Crippen molar-refractivity contribution >= 4 is 11.9 Å². The summed E-state index contributed by atoms with van der Waals surface area (Å²) in [5.41, 5.74) is 4.56. The fraction of sp³-hybridized carbons (Fsp3) is 0.778. The van der Waals surface area contributed by atoms with Crippen molar-refractivity contribution in [3.8, 4) is 0 Å². The van der Waals surface area contributed by atoms with Gasteiger partial charge in [0, 0.05) is 13.2 Å². The van der Waals surface area contributed by atoms with E-state index in [1.165, 1.54) is 0 Å². The van der Waals surface area contributed by atoms with E-state index in [1.807, 2.05) is 6.92 Å². The third-order valence-corrected chi connectivity index (χ3v) is 2.28. The van der Waals surface area contributed by atoms with Crippen LogP contribution in [-0.2, 0) is 9.53 Å². The van der Waals surface area contributed by atoms with E-state index in [4.69, 9.17) is 4.74 Å². The zero-order chi connectivity index (χ0) is 11.3. The van der Waals surface area contributed by atoms with Crippen LogP contribution in [0.25, 0.3) is 0 Å². The molecule has 0 radical (unpaired) electrons. The van der Waals surface area contributed by atoms with Gasteiger partial charge in [0.25, 0.3) is 5.91 Å². The normalized spacial score (nSPS) is 24.7. The Balaban J connectivity index is 2.26. The molecular formula is C9H17N3O3. The third kappa shape index (κ3) is 3.39. The Bertz CT molecular complexity index is 245. The number of hydrogen-bond acceptors (Lipinski definition) is 3. The zero-order valence-electron chi connectivity index (χ0n) is 9.00. The fourth-order valence-electron chi connectivity index (χ4n) is 1.42. The number of nitrogens with one attached hydrogen (secondary N) is 3. The Labute approximate surface area is 88.7 Å². The second kappa shape index (κ2) is 5.55. The van der Waals surface area contributed by atoms with E-state index in [0.717, 1.165) is 6.42 Å². The lowest BCUT2D eigenvalue weighted by molar-refractivity contribution is -0.132. The monoisotopic (exact) mass is 215 g/mol. The van der Waals surface area contributed by atoms with E-state index in [2.05, 4.69) is 16.2 Å². The topological polar surface area (TPSA) is 79.5 Å². The number of amides is 3. The molecule has 3 amide bonds. The van der Waals surface area contributed by atoms with E-state index in [-0.39, 0.29) is 11.8 Å². The van der Waals surface area contributed by atoms with E-state index in [1.54, 1.807) is 6.92 Å². The summed E-state index contributed by atoms with van der Waals surface area (Å²) in [6, 6.07) is -0.420. The Morgan fingerprint density at radius 1 is 1.40 bits per heavy atom. The first-order chi connectivity index (χ1) is 7.15. The molecule has 1 aliphatic rings. The molecule has 0 aliphatic carbocycles. The van der Waals surface area contributed by atoms with Gasteiger partial charge < -0.3 is 10.1 Å². The van der Waals surface area contributed by atoms with Crippen LogP contribution in [0.4, 0.5) is 4.79 Å². The molecule has 2 unspecified atom stereocenters. The molecule has 3 N–H and O–H groups in total. The van der Waals surface area contributed by atoms with Gasteiger partial charge in [0.1, 0.15) is 6.10 Å². The van der Waals surface area contributed by atoms with Gasteiger partial charge in [-0.3, -0.25) is 10.2 Å². The van der Waals surface area contributed by atoms with Crippen molar-refractivity contribution in [1.29, 1.82) is 0 Å². The number of urea groups is 1. The molecule has 6 heteroatoms. The highest BCUT2D eigenvalue weighted by atomic mass is 16.5. The summed E-state index contributed by atoms with van der Waals surface area (Å²) >= 11 is 0. The van der Waals surface area contributed by atoms with E-state index in [0.29, 0.717) is 13.2 Å². The third-order valence-electron chi connectivity index (χ3n) is 2.28. The molecule has 2 atom stereocenters. The zero-order valence-corrected chi connectivity index (χ0v) is 9.00. The number of rotatable bonds is 2. The van der Waals surface area contributed by atoms with Crippen molar-refractivity contribution in [1.82, 2.24) is 16.2 Å². The maximum atomic E-state index is 11.5. The molecule has 1 heterocycles. The summed E-state index contributed by atoms with van der Waals surface area (Å²) in [6.45, 7) is 4.85. The lowest BCUT2D eigenvalue weighted by Gasteiger charge is -2.14. The Hall–Kier alpha value is -1.30. The van der Waals surface area contributed by atoms with Crippen molar-refractivity contribution in [2.24, 2.45) is 5.92 Å². The van der Waals surface area contributed by atoms with Gasteiger partial charge in [-0.1, -0.05) is 6.92 Å². The number of hydrazine groups is 1. The molecule has 0 spiro atoms. The summed E-state index contributed by atoms with van der Waals surface area (Å²) in [7, 11) is 0. The predicted molar refractivity (Wildman–Crippen MR) is 53.9 cm³/mol. The standard InChI is InChI=1S/C9H17N3O3/c1-3-10-9(14)12-11-8(13)7-6(2)4-5-15-7/h6-7H,3-5H2,1-2H3,(H,11,13)(H2,10,12,14). The van der Waals surface area contributed by atoms with Gasteiger partial charge in [-0.15, -0.1) is 0 Å². The minimum atomic E-state index is -0.452. The van der Waals surface area contributed by atoms with Crippen molar-refractivity contribution < 1.29 is 14.3 Å². The van der Waals surface area contributed by atoms with Crippen LogP contribution in [0.1, 0.15) is 20.3 Å². The van der Waals surface area contributed by atoms with Gasteiger partial charge in [0.05, 0.1) is 0 Å². The summed E-state index contributed by atoms with van der Waals surface area (Å²) in [6.07, 6.45) is 0.422. The summed E-state index contributed by atoms with van der Waals surface area (Å²) < 4.78 is 5.24. The maximum Gasteiger partial charge on any atom is 0.333 e. The number of hydrogen-bond donors (Lipinski definition) is 3. The highest BCUT2D eigenvalue weighted by Crippen LogP contribution is 2.19. The van der Waals surface area contributed by atoms with E-state index < -0.39 is 12.1 Å². The average Bonchev–Trinajstić information content (AvgIpc) is 2.61. The molecule has 0 aromatic carbocycles. The summed E-state index contributed by atoms with van der Waals surface area (Å²) in [5.74, 6) is -0.104. The highest BCUT2D eigenvalue weighted by molar-refractivity contribution is 5.84. The molecule has 1 aliphatic heterocycles. The van der Waals surface area contributed by atoms with Crippen molar-refractivity contribution in [2.45, 2.75) is 26.4 Å². The van der Waals surface area contributed by atoms with Crippen LogP contribution in [0.5, 0.6) is 0 Å². The van der Waals surface area contributed by atoms with Crippen LogP contribution in [0.15, 0.2) is 0 Å². The van der Waals surface area contributed by atoms with E-state index >= 15 is 0 Å². The largest absolute Gasteiger partial charge is 0.368 e. The van der Waals surface area contributed by atoms with Crippen LogP contribution in [0, 0.1) is 5.92 Å². The molecule has 0 saturated carbocycles. The van der Waals surface area contributed by atoms with Gasteiger partial charge in [0.2, 0.25) is 0 Å². The number of ether oxygens (including phenoxy) is 1. The minimum absolute atomic E-state index is 0.195. The molecule has 1 rings (SSSR count). The average molecular weight is 215 g/mol. The molecule has 6 nitrogen and oxygen atoms in total. The molecule has 86 valence electrons. The lowest BCUT2D eigenvalue weighted by Crippen LogP contribution is -2.50. The maximum absolute atomic E-state index is 11.5. The van der Waals surface area contributed by atoms with Gasteiger partial charge in [0.15, 0.2) is 0 Å². The molecule has 1 saturated heterocycles.